The van der Waals surface area contributed by atoms with Crippen molar-refractivity contribution >= 4 is 0 Å². The topological polar surface area (TPSA) is 6.48 Å². The SMILES string of the molecule is CC(C)=C1CN(C)CCN1C. The van der Waals surface area contributed by atoms with Gasteiger partial charge >= 0.3 is 0 Å². The van der Waals surface area contributed by atoms with Crippen molar-refractivity contribution in [2.24, 2.45) is 0 Å². The highest BCUT2D eigenvalue weighted by Crippen LogP contribution is 2.13. The van der Waals surface area contributed by atoms with E-state index in [2.05, 4.69) is 37.7 Å². The molecule has 0 aromatic heterocycles. The van der Waals surface area contributed by atoms with Crippen LogP contribution in [-0.4, -0.2) is 43.5 Å². The van der Waals surface area contributed by atoms with E-state index in [0.29, 0.717) is 0 Å². The standard InChI is InChI=1S/C9H18N2/c1-8(2)9-7-10(3)5-6-11(9)4/h5-7H2,1-4H3. The molecule has 0 atom stereocenters. The molecular weight excluding hydrogens is 136 g/mol. The Balaban J connectivity index is 2.70. The van der Waals surface area contributed by atoms with Gasteiger partial charge in [-0.2, -0.15) is 0 Å². The number of hydrogen-bond donors (Lipinski definition) is 0. The second-order valence-corrected chi connectivity index (χ2v) is 3.61. The van der Waals surface area contributed by atoms with Crippen LogP contribution in [0.25, 0.3) is 0 Å². The Morgan fingerprint density at radius 3 is 2.27 bits per heavy atom. The molecule has 0 N–H and O–H groups in total. The van der Waals surface area contributed by atoms with Gasteiger partial charge in [0.15, 0.2) is 0 Å². The van der Waals surface area contributed by atoms with Crippen LogP contribution < -0.4 is 0 Å². The van der Waals surface area contributed by atoms with E-state index < -0.39 is 0 Å². The Hall–Kier alpha value is -0.500. The maximum absolute atomic E-state index is 2.36. The summed E-state index contributed by atoms with van der Waals surface area (Å²) in [7, 11) is 4.35. The normalized spacial score (nSPS) is 20.7. The van der Waals surface area contributed by atoms with Gasteiger partial charge in [-0.25, -0.2) is 0 Å². The van der Waals surface area contributed by atoms with Crippen molar-refractivity contribution in [1.29, 1.82) is 0 Å². The summed E-state index contributed by atoms with van der Waals surface area (Å²) < 4.78 is 0. The summed E-state index contributed by atoms with van der Waals surface area (Å²) >= 11 is 0. The first-order valence-electron chi connectivity index (χ1n) is 4.17. The Morgan fingerprint density at radius 1 is 1.18 bits per heavy atom. The lowest BCUT2D eigenvalue weighted by Gasteiger charge is -2.34. The lowest BCUT2D eigenvalue weighted by molar-refractivity contribution is 0.227. The minimum absolute atomic E-state index is 1.11. The number of hydrogen-bond acceptors (Lipinski definition) is 2. The second-order valence-electron chi connectivity index (χ2n) is 3.61. The Labute approximate surface area is 69.5 Å². The molecule has 1 aliphatic rings. The van der Waals surface area contributed by atoms with Gasteiger partial charge in [-0.05, 0) is 20.9 Å². The highest BCUT2D eigenvalue weighted by molar-refractivity contribution is 5.12. The number of allylic oxidation sites excluding steroid dienone is 1. The molecular formula is C9H18N2. The molecule has 1 aliphatic heterocycles. The van der Waals surface area contributed by atoms with E-state index in [4.69, 9.17) is 0 Å². The van der Waals surface area contributed by atoms with E-state index in [1.807, 2.05) is 0 Å². The van der Waals surface area contributed by atoms with E-state index in [0.717, 1.165) is 13.1 Å². The summed E-state index contributed by atoms with van der Waals surface area (Å²) in [6.07, 6.45) is 0. The van der Waals surface area contributed by atoms with Crippen LogP contribution in [0.3, 0.4) is 0 Å². The summed E-state index contributed by atoms with van der Waals surface area (Å²) in [5.41, 5.74) is 2.93. The van der Waals surface area contributed by atoms with Crippen molar-refractivity contribution < 1.29 is 0 Å². The maximum Gasteiger partial charge on any atom is 0.0380 e. The predicted octanol–water partition coefficient (Wildman–Crippen LogP) is 1.16. The fraction of sp³-hybridized carbons (Fsp3) is 0.778. The van der Waals surface area contributed by atoms with Gasteiger partial charge in [0.2, 0.25) is 0 Å². The fourth-order valence-electron chi connectivity index (χ4n) is 1.45. The molecule has 0 aromatic rings. The second kappa shape index (κ2) is 3.26. The van der Waals surface area contributed by atoms with Crippen LogP contribution >= 0.6 is 0 Å². The van der Waals surface area contributed by atoms with Crippen LogP contribution in [0.5, 0.6) is 0 Å². The zero-order valence-electron chi connectivity index (χ0n) is 8.02. The average molecular weight is 154 g/mol. The van der Waals surface area contributed by atoms with Gasteiger partial charge < -0.3 is 4.90 Å². The Bertz CT molecular complexity index is 168. The molecule has 11 heavy (non-hydrogen) atoms. The summed E-state index contributed by atoms with van der Waals surface area (Å²) in [6, 6.07) is 0. The zero-order chi connectivity index (χ0) is 8.43. The molecule has 0 saturated carbocycles. The summed E-state index contributed by atoms with van der Waals surface area (Å²) in [4.78, 5) is 4.72. The zero-order valence-corrected chi connectivity index (χ0v) is 8.02. The number of nitrogens with zero attached hydrogens (tertiary/aromatic N) is 2. The van der Waals surface area contributed by atoms with Crippen molar-refractivity contribution in [2.75, 3.05) is 33.7 Å². The van der Waals surface area contributed by atoms with E-state index >= 15 is 0 Å². The van der Waals surface area contributed by atoms with Crippen LogP contribution in [0.4, 0.5) is 0 Å². The van der Waals surface area contributed by atoms with Crippen LogP contribution in [0, 0.1) is 0 Å². The van der Waals surface area contributed by atoms with Gasteiger partial charge in [0.05, 0.1) is 0 Å². The van der Waals surface area contributed by atoms with E-state index in [9.17, 15) is 0 Å². The third-order valence-corrected chi connectivity index (χ3v) is 2.27. The molecule has 0 aliphatic carbocycles. The largest absolute Gasteiger partial charge is 0.376 e. The smallest absolute Gasteiger partial charge is 0.0380 e. The Morgan fingerprint density at radius 2 is 1.82 bits per heavy atom. The maximum atomic E-state index is 2.36. The molecule has 1 rings (SSSR count). The van der Waals surface area contributed by atoms with Gasteiger partial charge in [0.1, 0.15) is 0 Å². The minimum atomic E-state index is 1.11. The van der Waals surface area contributed by atoms with Crippen LogP contribution in [-0.2, 0) is 0 Å². The summed E-state index contributed by atoms with van der Waals surface area (Å²) in [5, 5.41) is 0. The van der Waals surface area contributed by atoms with Crippen molar-refractivity contribution in [1.82, 2.24) is 9.80 Å². The highest BCUT2D eigenvalue weighted by atomic mass is 15.2. The average Bonchev–Trinajstić information content (AvgIpc) is 1.94. The number of rotatable bonds is 0. The van der Waals surface area contributed by atoms with Gasteiger partial charge in [-0.15, -0.1) is 0 Å². The molecule has 2 nitrogen and oxygen atoms in total. The summed E-state index contributed by atoms with van der Waals surface area (Å²) in [5.74, 6) is 0. The molecule has 2 heteroatoms. The molecule has 64 valence electrons. The monoisotopic (exact) mass is 154 g/mol. The first-order valence-corrected chi connectivity index (χ1v) is 4.17. The quantitative estimate of drug-likeness (QED) is 0.516. The number of piperazine rings is 1. The number of likely N-dealkylation sites (N-methyl/N-ethyl adjacent to an activating group) is 2. The third-order valence-electron chi connectivity index (χ3n) is 2.27. The third kappa shape index (κ3) is 1.96. The first-order chi connectivity index (χ1) is 5.11. The molecule has 0 unspecified atom stereocenters. The molecule has 1 fully saturated rings. The minimum Gasteiger partial charge on any atom is -0.376 e. The van der Waals surface area contributed by atoms with Gasteiger partial charge in [0.25, 0.3) is 0 Å². The molecule has 0 bridgehead atoms. The molecule has 0 spiro atoms. The van der Waals surface area contributed by atoms with Gasteiger partial charge in [-0.3, -0.25) is 4.90 Å². The molecule has 0 amide bonds. The molecule has 0 aromatic carbocycles. The lowest BCUT2D eigenvalue weighted by Crippen LogP contribution is -2.41. The van der Waals surface area contributed by atoms with Crippen molar-refractivity contribution in [3.63, 3.8) is 0 Å². The van der Waals surface area contributed by atoms with Crippen LogP contribution in [0.15, 0.2) is 11.3 Å². The van der Waals surface area contributed by atoms with E-state index in [-0.39, 0.29) is 0 Å². The fourth-order valence-corrected chi connectivity index (χ4v) is 1.45. The summed E-state index contributed by atoms with van der Waals surface area (Å²) in [6.45, 7) is 7.83. The first kappa shape index (κ1) is 8.60. The van der Waals surface area contributed by atoms with Crippen molar-refractivity contribution in [3.8, 4) is 0 Å². The molecule has 1 heterocycles. The molecule has 1 saturated heterocycles. The van der Waals surface area contributed by atoms with Crippen LogP contribution in [0.2, 0.25) is 0 Å². The Kier molecular flexibility index (Phi) is 2.55. The van der Waals surface area contributed by atoms with Crippen molar-refractivity contribution in [3.05, 3.63) is 11.3 Å². The van der Waals surface area contributed by atoms with E-state index in [1.54, 1.807) is 0 Å². The van der Waals surface area contributed by atoms with Gasteiger partial charge in [-0.1, -0.05) is 5.57 Å². The highest BCUT2D eigenvalue weighted by Gasteiger charge is 2.15. The molecule has 0 radical (unpaired) electrons. The van der Waals surface area contributed by atoms with Crippen LogP contribution in [0.1, 0.15) is 13.8 Å². The van der Waals surface area contributed by atoms with E-state index in [1.165, 1.54) is 17.8 Å². The van der Waals surface area contributed by atoms with Gasteiger partial charge in [0, 0.05) is 32.4 Å². The van der Waals surface area contributed by atoms with Crippen molar-refractivity contribution in [2.45, 2.75) is 13.8 Å². The lowest BCUT2D eigenvalue weighted by atomic mass is 10.2. The predicted molar refractivity (Wildman–Crippen MR) is 48.5 cm³/mol.